The molecule has 0 radical (unpaired) electrons. The maximum atomic E-state index is 13.7. The SMILES string of the molecule is Cc1cc(C(F)(F)F)c(Cl)c(-n2ccn(CC(O)CN(C)C)c2=O)c1OC(=O)N(C)c1ccc(F)cc1. The van der Waals surface area contributed by atoms with E-state index >= 15 is 0 Å². The molecule has 2 aromatic carbocycles. The van der Waals surface area contributed by atoms with Crippen LogP contribution >= 0.6 is 11.6 Å². The number of likely N-dealkylation sites (N-methyl/N-ethyl adjacent to an activating group) is 1. The number of aromatic nitrogens is 2. The molecule has 1 amide bonds. The molecule has 1 N–H and O–H groups in total. The van der Waals surface area contributed by atoms with Crippen LogP contribution in [-0.4, -0.2) is 59.0 Å². The fraction of sp³-hybridized carbons (Fsp3) is 0.333. The Morgan fingerprint density at radius 3 is 2.35 bits per heavy atom. The third-order valence-corrected chi connectivity index (χ3v) is 5.82. The number of halogens is 5. The van der Waals surface area contributed by atoms with Crippen molar-refractivity contribution in [3.63, 3.8) is 0 Å². The van der Waals surface area contributed by atoms with Gasteiger partial charge in [-0.2, -0.15) is 13.2 Å². The molecule has 8 nitrogen and oxygen atoms in total. The second-order valence-electron chi connectivity index (χ2n) is 8.65. The number of carbonyl (C=O) groups excluding carboxylic acids is 1. The molecule has 1 atom stereocenters. The van der Waals surface area contributed by atoms with Crippen molar-refractivity contribution in [1.82, 2.24) is 14.0 Å². The van der Waals surface area contributed by atoms with Gasteiger partial charge in [0.15, 0.2) is 5.75 Å². The molecule has 0 aliphatic heterocycles. The molecule has 3 rings (SSSR count). The summed E-state index contributed by atoms with van der Waals surface area (Å²) in [5.41, 5.74) is -2.37. The summed E-state index contributed by atoms with van der Waals surface area (Å²) < 4.78 is 61.8. The van der Waals surface area contributed by atoms with E-state index < -0.39 is 46.2 Å². The van der Waals surface area contributed by atoms with Crippen LogP contribution in [0.25, 0.3) is 5.69 Å². The van der Waals surface area contributed by atoms with Crippen molar-refractivity contribution >= 4 is 23.4 Å². The standard InChI is InChI=1S/C24H25ClF4N4O4/c1-14-11-18(24(27,28)29)19(25)20(33-10-9-32(22(33)35)13-17(34)12-30(2)3)21(14)37-23(36)31(4)16-7-5-15(26)6-8-16/h5-11,17,34H,12-13H2,1-4H3. The van der Waals surface area contributed by atoms with Gasteiger partial charge in [0.25, 0.3) is 0 Å². The van der Waals surface area contributed by atoms with E-state index in [-0.39, 0.29) is 30.1 Å². The number of alkyl halides is 3. The van der Waals surface area contributed by atoms with Gasteiger partial charge in [-0.05, 0) is 56.9 Å². The molecular formula is C24H25ClF4N4O4. The van der Waals surface area contributed by atoms with Crippen molar-refractivity contribution in [2.75, 3.05) is 32.6 Å². The fourth-order valence-corrected chi connectivity index (χ4v) is 4.00. The normalized spacial score (nSPS) is 12.6. The Morgan fingerprint density at radius 2 is 1.78 bits per heavy atom. The summed E-state index contributed by atoms with van der Waals surface area (Å²) in [5, 5.41) is 9.35. The largest absolute Gasteiger partial charge is 0.419 e. The molecule has 1 unspecified atom stereocenters. The topological polar surface area (TPSA) is 79.9 Å². The number of aliphatic hydroxyl groups excluding tert-OH is 1. The molecule has 1 aromatic heterocycles. The van der Waals surface area contributed by atoms with Gasteiger partial charge in [-0.15, -0.1) is 0 Å². The van der Waals surface area contributed by atoms with E-state index in [4.69, 9.17) is 16.3 Å². The first kappa shape index (κ1) is 28.2. The first-order valence-electron chi connectivity index (χ1n) is 10.9. The number of nitrogens with zero attached hydrogens (tertiary/aromatic N) is 4. The van der Waals surface area contributed by atoms with E-state index in [1.54, 1.807) is 19.0 Å². The number of amides is 1. The van der Waals surface area contributed by atoms with Crippen molar-refractivity contribution in [3.8, 4) is 11.4 Å². The number of hydrogen-bond donors (Lipinski definition) is 1. The lowest BCUT2D eigenvalue weighted by atomic mass is 10.1. The third-order valence-electron chi connectivity index (χ3n) is 5.43. The summed E-state index contributed by atoms with van der Waals surface area (Å²) in [7, 11) is 4.78. The second-order valence-corrected chi connectivity index (χ2v) is 9.03. The Morgan fingerprint density at radius 1 is 1.16 bits per heavy atom. The Labute approximate surface area is 214 Å². The lowest BCUT2D eigenvalue weighted by molar-refractivity contribution is -0.137. The number of carbonyl (C=O) groups is 1. The van der Waals surface area contributed by atoms with Gasteiger partial charge in [0.1, 0.15) is 11.5 Å². The number of imidazole rings is 1. The lowest BCUT2D eigenvalue weighted by Gasteiger charge is -2.22. The molecule has 3 aromatic rings. The molecule has 0 aliphatic carbocycles. The van der Waals surface area contributed by atoms with Crippen molar-refractivity contribution in [1.29, 1.82) is 0 Å². The van der Waals surface area contributed by atoms with Crippen molar-refractivity contribution in [3.05, 3.63) is 75.2 Å². The van der Waals surface area contributed by atoms with Crippen LogP contribution in [0.3, 0.4) is 0 Å². The minimum Gasteiger partial charge on any atom is -0.407 e. The van der Waals surface area contributed by atoms with E-state index in [0.717, 1.165) is 32.2 Å². The number of benzene rings is 2. The molecule has 0 bridgehead atoms. The average Bonchev–Trinajstić information content (AvgIpc) is 3.14. The van der Waals surface area contributed by atoms with Crippen LogP contribution in [0.1, 0.15) is 11.1 Å². The van der Waals surface area contributed by atoms with E-state index in [1.165, 1.54) is 38.5 Å². The van der Waals surface area contributed by atoms with Gasteiger partial charge in [0, 0.05) is 31.7 Å². The van der Waals surface area contributed by atoms with Gasteiger partial charge in [0.2, 0.25) is 0 Å². The summed E-state index contributed by atoms with van der Waals surface area (Å²) in [5.74, 6) is -0.900. The molecule has 0 saturated carbocycles. The average molecular weight is 545 g/mol. The van der Waals surface area contributed by atoms with Crippen LogP contribution in [0.5, 0.6) is 5.75 Å². The van der Waals surface area contributed by atoms with Crippen LogP contribution in [0, 0.1) is 12.7 Å². The smallest absolute Gasteiger partial charge is 0.407 e. The fourth-order valence-electron chi connectivity index (χ4n) is 3.66. The molecule has 200 valence electrons. The molecule has 0 saturated heterocycles. The van der Waals surface area contributed by atoms with E-state index in [0.29, 0.717) is 0 Å². The molecule has 37 heavy (non-hydrogen) atoms. The van der Waals surface area contributed by atoms with Crippen molar-refractivity contribution in [2.24, 2.45) is 0 Å². The molecule has 13 heteroatoms. The van der Waals surface area contributed by atoms with Crippen LogP contribution in [0.15, 0.2) is 47.5 Å². The van der Waals surface area contributed by atoms with Crippen LogP contribution < -0.4 is 15.3 Å². The molecule has 1 heterocycles. The van der Waals surface area contributed by atoms with E-state index in [1.807, 2.05) is 0 Å². The Balaban J connectivity index is 2.10. The predicted octanol–water partition coefficient (Wildman–Crippen LogP) is 4.32. The van der Waals surface area contributed by atoms with E-state index in [9.17, 15) is 32.3 Å². The summed E-state index contributed by atoms with van der Waals surface area (Å²) in [6.45, 7) is 1.38. The first-order valence-corrected chi connectivity index (χ1v) is 11.3. The maximum absolute atomic E-state index is 13.7. The van der Waals surface area contributed by atoms with E-state index in [2.05, 4.69) is 0 Å². The zero-order valence-corrected chi connectivity index (χ0v) is 21.1. The number of aryl methyl sites for hydroxylation is 1. The number of hydrogen-bond acceptors (Lipinski definition) is 5. The molecule has 0 spiro atoms. The van der Waals surface area contributed by atoms with Crippen LogP contribution in [0.4, 0.5) is 28.0 Å². The minimum atomic E-state index is -4.86. The first-order chi connectivity index (χ1) is 17.2. The van der Waals surface area contributed by atoms with Gasteiger partial charge < -0.3 is 14.7 Å². The lowest BCUT2D eigenvalue weighted by Crippen LogP contribution is -2.34. The summed E-state index contributed by atoms with van der Waals surface area (Å²) in [6.07, 6.45) is -4.36. The summed E-state index contributed by atoms with van der Waals surface area (Å²) >= 11 is 6.17. The number of rotatable bonds is 7. The Hall–Kier alpha value is -3.35. The Bertz CT molecular complexity index is 1340. The highest BCUT2D eigenvalue weighted by molar-refractivity contribution is 6.33. The monoisotopic (exact) mass is 544 g/mol. The maximum Gasteiger partial charge on any atom is 0.419 e. The zero-order chi connectivity index (χ0) is 27.7. The van der Waals surface area contributed by atoms with Gasteiger partial charge in [-0.25, -0.2) is 14.0 Å². The predicted molar refractivity (Wildman–Crippen MR) is 130 cm³/mol. The van der Waals surface area contributed by atoms with Crippen LogP contribution in [0.2, 0.25) is 5.02 Å². The zero-order valence-electron chi connectivity index (χ0n) is 20.4. The summed E-state index contributed by atoms with van der Waals surface area (Å²) in [4.78, 5) is 28.7. The van der Waals surface area contributed by atoms with Gasteiger partial charge in [-0.1, -0.05) is 11.6 Å². The molecule has 0 aliphatic rings. The second kappa shape index (κ2) is 11.0. The number of aliphatic hydroxyl groups is 1. The van der Waals surface area contributed by atoms with Crippen LogP contribution in [-0.2, 0) is 12.7 Å². The highest BCUT2D eigenvalue weighted by atomic mass is 35.5. The molecular weight excluding hydrogens is 520 g/mol. The highest BCUT2D eigenvalue weighted by Gasteiger charge is 2.37. The van der Waals surface area contributed by atoms with Gasteiger partial charge in [0.05, 0.1) is 23.2 Å². The quantitative estimate of drug-likeness (QED) is 0.448. The van der Waals surface area contributed by atoms with Crippen molar-refractivity contribution < 1.29 is 32.2 Å². The summed E-state index contributed by atoms with van der Waals surface area (Å²) in [6, 6.07) is 5.59. The minimum absolute atomic E-state index is 0.111. The van der Waals surface area contributed by atoms with Crippen molar-refractivity contribution in [2.45, 2.75) is 25.7 Å². The van der Waals surface area contributed by atoms with Gasteiger partial charge in [-0.3, -0.25) is 14.0 Å². The molecule has 0 fully saturated rings. The Kier molecular flexibility index (Phi) is 8.35. The highest BCUT2D eigenvalue weighted by Crippen LogP contribution is 2.43. The number of anilines is 1. The number of ether oxygens (including phenoxy) is 1. The third kappa shape index (κ3) is 6.32. The van der Waals surface area contributed by atoms with Gasteiger partial charge >= 0.3 is 18.0 Å².